The normalized spacial score (nSPS) is 31.2. The van der Waals surface area contributed by atoms with E-state index in [1.165, 1.54) is 19.3 Å². The van der Waals surface area contributed by atoms with Crippen LogP contribution in [-0.2, 0) is 9.47 Å². The minimum absolute atomic E-state index is 0.267. The summed E-state index contributed by atoms with van der Waals surface area (Å²) in [7, 11) is 0. The maximum atomic E-state index is 6.40. The van der Waals surface area contributed by atoms with E-state index < -0.39 is 0 Å². The van der Waals surface area contributed by atoms with E-state index in [4.69, 9.17) is 9.47 Å². The summed E-state index contributed by atoms with van der Waals surface area (Å²) >= 11 is 0. The lowest BCUT2D eigenvalue weighted by molar-refractivity contribution is -0.198. The van der Waals surface area contributed by atoms with Crippen molar-refractivity contribution in [3.63, 3.8) is 0 Å². The topological polar surface area (TPSA) is 30.5 Å². The van der Waals surface area contributed by atoms with Crippen LogP contribution < -0.4 is 5.32 Å². The molecule has 1 atom stereocenters. The van der Waals surface area contributed by atoms with Crippen LogP contribution in [0.5, 0.6) is 0 Å². The van der Waals surface area contributed by atoms with E-state index in [0.29, 0.717) is 16.7 Å². The number of nitrogens with one attached hydrogen (secondary N) is 1. The van der Waals surface area contributed by atoms with Gasteiger partial charge in [0.1, 0.15) is 0 Å². The lowest BCUT2D eigenvalue weighted by Gasteiger charge is -2.45. The van der Waals surface area contributed by atoms with Crippen LogP contribution in [0.15, 0.2) is 0 Å². The van der Waals surface area contributed by atoms with Gasteiger partial charge in [-0.3, -0.25) is 0 Å². The third kappa shape index (κ3) is 6.52. The Labute approximate surface area is 156 Å². The van der Waals surface area contributed by atoms with Crippen LogP contribution >= 0.6 is 0 Å². The average molecular weight is 354 g/mol. The van der Waals surface area contributed by atoms with E-state index in [1.54, 1.807) is 0 Å². The number of ether oxygens (including phenoxy) is 2. The van der Waals surface area contributed by atoms with Crippen LogP contribution in [-0.4, -0.2) is 31.6 Å². The van der Waals surface area contributed by atoms with Gasteiger partial charge in [0.25, 0.3) is 0 Å². The quantitative estimate of drug-likeness (QED) is 0.623. The third-order valence-corrected chi connectivity index (χ3v) is 5.95. The van der Waals surface area contributed by atoms with Crippen molar-refractivity contribution < 1.29 is 9.47 Å². The molecule has 1 saturated carbocycles. The van der Waals surface area contributed by atoms with Gasteiger partial charge in [-0.05, 0) is 61.4 Å². The highest BCUT2D eigenvalue weighted by Gasteiger charge is 2.46. The summed E-state index contributed by atoms with van der Waals surface area (Å²) in [5.41, 5.74) is 0.797. The Morgan fingerprint density at radius 1 is 1.08 bits per heavy atom. The molecule has 1 heterocycles. The Balaban J connectivity index is 1.76. The Morgan fingerprint density at radius 2 is 1.72 bits per heavy atom. The molecule has 1 aliphatic carbocycles. The van der Waals surface area contributed by atoms with Crippen molar-refractivity contribution in [3.8, 4) is 0 Å². The number of hydrogen-bond acceptors (Lipinski definition) is 3. The fraction of sp³-hybridized carbons (Fsp3) is 1.00. The van der Waals surface area contributed by atoms with Crippen LogP contribution in [0.1, 0.15) is 87.0 Å². The van der Waals surface area contributed by atoms with Gasteiger partial charge >= 0.3 is 0 Å². The zero-order valence-corrected chi connectivity index (χ0v) is 17.9. The molecule has 3 nitrogen and oxygen atoms in total. The second-order valence-corrected chi connectivity index (χ2v) is 10.8. The highest BCUT2D eigenvalue weighted by atomic mass is 16.7. The minimum atomic E-state index is -0.267. The molecule has 0 bridgehead atoms. The molecule has 3 heteroatoms. The Morgan fingerprint density at radius 3 is 2.28 bits per heavy atom. The predicted octanol–water partition coefficient (Wildman–Crippen LogP) is 5.39. The van der Waals surface area contributed by atoms with E-state index >= 15 is 0 Å². The molecular formula is C22H43NO2. The average Bonchev–Trinajstić information content (AvgIpc) is 2.84. The van der Waals surface area contributed by atoms with Crippen molar-refractivity contribution in [2.24, 2.45) is 22.7 Å². The van der Waals surface area contributed by atoms with Gasteiger partial charge in [0.05, 0.1) is 12.7 Å². The van der Waals surface area contributed by atoms with Crippen molar-refractivity contribution in [1.82, 2.24) is 5.32 Å². The lowest BCUT2D eigenvalue weighted by Crippen LogP contribution is -2.40. The molecule has 1 N–H and O–H groups in total. The first kappa shape index (κ1) is 21.2. The predicted molar refractivity (Wildman–Crippen MR) is 106 cm³/mol. The van der Waals surface area contributed by atoms with Crippen LogP contribution in [0.4, 0.5) is 0 Å². The molecule has 1 spiro atoms. The molecule has 0 radical (unpaired) electrons. The Hall–Kier alpha value is -0.120. The van der Waals surface area contributed by atoms with Crippen LogP contribution in [0, 0.1) is 22.7 Å². The molecule has 2 fully saturated rings. The summed E-state index contributed by atoms with van der Waals surface area (Å²) in [4.78, 5) is 0. The van der Waals surface area contributed by atoms with Gasteiger partial charge in [-0.2, -0.15) is 0 Å². The van der Waals surface area contributed by atoms with Gasteiger partial charge < -0.3 is 14.8 Å². The van der Waals surface area contributed by atoms with E-state index in [2.05, 4.69) is 53.8 Å². The number of hydrogen-bond donors (Lipinski definition) is 1. The molecule has 0 amide bonds. The molecule has 2 aliphatic rings. The van der Waals surface area contributed by atoms with Gasteiger partial charge in [-0.25, -0.2) is 0 Å². The van der Waals surface area contributed by atoms with Gasteiger partial charge in [0.15, 0.2) is 5.79 Å². The second kappa shape index (κ2) is 8.27. The molecule has 1 aliphatic heterocycles. The SMILES string of the molecule is CC(C)CNCCC1COC2(CCC(C(C)(C)CC(C)(C)C)CC2)O1. The third-order valence-electron chi connectivity index (χ3n) is 5.95. The van der Waals surface area contributed by atoms with E-state index in [0.717, 1.165) is 44.9 Å². The highest BCUT2D eigenvalue weighted by molar-refractivity contribution is 4.91. The van der Waals surface area contributed by atoms with E-state index in [9.17, 15) is 0 Å². The first-order chi connectivity index (χ1) is 11.5. The molecule has 25 heavy (non-hydrogen) atoms. The monoisotopic (exact) mass is 353 g/mol. The van der Waals surface area contributed by atoms with Crippen LogP contribution in [0.25, 0.3) is 0 Å². The Kier molecular flexibility index (Phi) is 7.01. The number of rotatable bonds is 7. The van der Waals surface area contributed by atoms with Crippen LogP contribution in [0.2, 0.25) is 0 Å². The van der Waals surface area contributed by atoms with Crippen molar-refractivity contribution >= 4 is 0 Å². The van der Waals surface area contributed by atoms with Crippen molar-refractivity contribution in [2.75, 3.05) is 19.7 Å². The summed E-state index contributed by atoms with van der Waals surface area (Å²) in [5, 5.41) is 3.52. The lowest BCUT2D eigenvalue weighted by atomic mass is 9.64. The summed E-state index contributed by atoms with van der Waals surface area (Å²) in [6.07, 6.45) is 7.24. The molecule has 1 saturated heterocycles. The van der Waals surface area contributed by atoms with Gasteiger partial charge in [-0.1, -0.05) is 48.5 Å². The van der Waals surface area contributed by atoms with Crippen molar-refractivity contribution in [2.45, 2.75) is 98.9 Å². The molecule has 1 unspecified atom stereocenters. The molecule has 2 rings (SSSR count). The fourth-order valence-corrected chi connectivity index (χ4v) is 5.03. The van der Waals surface area contributed by atoms with E-state index in [-0.39, 0.29) is 11.9 Å². The molecule has 148 valence electrons. The zero-order valence-electron chi connectivity index (χ0n) is 17.9. The fourth-order valence-electron chi connectivity index (χ4n) is 5.03. The molecular weight excluding hydrogens is 310 g/mol. The summed E-state index contributed by atoms with van der Waals surface area (Å²) in [6, 6.07) is 0. The van der Waals surface area contributed by atoms with Gasteiger partial charge in [0.2, 0.25) is 0 Å². The Bertz CT molecular complexity index is 403. The van der Waals surface area contributed by atoms with Gasteiger partial charge in [-0.15, -0.1) is 0 Å². The summed E-state index contributed by atoms with van der Waals surface area (Å²) in [6.45, 7) is 19.4. The molecule has 0 aromatic heterocycles. The largest absolute Gasteiger partial charge is 0.347 e. The standard InChI is InChI=1S/C22H43NO2/c1-17(2)14-23-13-10-19-15-24-22(25-19)11-8-18(9-12-22)21(6,7)16-20(3,4)5/h17-19,23H,8-16H2,1-7H3. The molecule has 0 aromatic carbocycles. The second-order valence-electron chi connectivity index (χ2n) is 10.8. The maximum Gasteiger partial charge on any atom is 0.168 e. The van der Waals surface area contributed by atoms with Crippen molar-refractivity contribution in [1.29, 1.82) is 0 Å². The van der Waals surface area contributed by atoms with Crippen LogP contribution in [0.3, 0.4) is 0 Å². The molecule has 0 aromatic rings. The first-order valence-corrected chi connectivity index (χ1v) is 10.5. The maximum absolute atomic E-state index is 6.40. The zero-order chi connectivity index (χ0) is 18.7. The smallest absolute Gasteiger partial charge is 0.168 e. The first-order valence-electron chi connectivity index (χ1n) is 10.5. The highest BCUT2D eigenvalue weighted by Crippen LogP contribution is 2.49. The minimum Gasteiger partial charge on any atom is -0.347 e. The van der Waals surface area contributed by atoms with E-state index in [1.807, 2.05) is 0 Å². The summed E-state index contributed by atoms with van der Waals surface area (Å²) in [5.74, 6) is 1.23. The van der Waals surface area contributed by atoms with Gasteiger partial charge in [0, 0.05) is 12.8 Å². The van der Waals surface area contributed by atoms with Crippen molar-refractivity contribution in [3.05, 3.63) is 0 Å². The summed E-state index contributed by atoms with van der Waals surface area (Å²) < 4.78 is 12.6.